The summed E-state index contributed by atoms with van der Waals surface area (Å²) in [7, 11) is 0. The smallest absolute Gasteiger partial charge is 0.120 e. The molecule has 0 saturated heterocycles. The molecule has 3 nitrogen and oxygen atoms in total. The second-order valence-electron chi connectivity index (χ2n) is 4.39. The second kappa shape index (κ2) is 8.12. The molecule has 4 heteroatoms. The summed E-state index contributed by atoms with van der Waals surface area (Å²) in [6, 6.07) is 15.4. The molecule has 0 unspecified atom stereocenters. The van der Waals surface area contributed by atoms with E-state index in [4.69, 9.17) is 16.3 Å². The van der Waals surface area contributed by atoms with E-state index in [2.05, 4.69) is 17.1 Å². The highest BCUT2D eigenvalue weighted by atomic mass is 35.5. The zero-order chi connectivity index (χ0) is 14.9. The van der Waals surface area contributed by atoms with Gasteiger partial charge in [0.25, 0.3) is 0 Å². The molecular weight excluding hydrogens is 284 g/mol. The molecule has 0 aliphatic heterocycles. The molecule has 0 fully saturated rings. The van der Waals surface area contributed by atoms with E-state index in [-0.39, 0.29) is 0 Å². The van der Waals surface area contributed by atoms with E-state index in [9.17, 15) is 0 Å². The minimum Gasteiger partial charge on any atom is -0.490 e. The van der Waals surface area contributed by atoms with Gasteiger partial charge in [0.05, 0.1) is 12.8 Å². The van der Waals surface area contributed by atoms with Crippen molar-refractivity contribution >= 4 is 17.8 Å². The molecule has 0 heterocycles. The lowest BCUT2D eigenvalue weighted by atomic mass is 10.2. The Morgan fingerprint density at radius 1 is 1.19 bits per heavy atom. The van der Waals surface area contributed by atoms with E-state index in [0.717, 1.165) is 21.9 Å². The highest BCUT2D eigenvalue weighted by Gasteiger charge is 1.94. The van der Waals surface area contributed by atoms with Gasteiger partial charge in [0.15, 0.2) is 0 Å². The summed E-state index contributed by atoms with van der Waals surface area (Å²) in [5.74, 6) is 0.802. The SMILES string of the molecule is C=CCOc1cccc(/C=N\NCc2ccc(Cl)cc2)c1. The van der Waals surface area contributed by atoms with Crippen molar-refractivity contribution in [1.82, 2.24) is 5.43 Å². The molecule has 2 aromatic rings. The van der Waals surface area contributed by atoms with Crippen LogP contribution in [0.2, 0.25) is 5.02 Å². The number of hydrazone groups is 1. The standard InChI is InChI=1S/C17H17ClN2O/c1-2-10-21-17-5-3-4-15(11-17)13-20-19-12-14-6-8-16(18)9-7-14/h2-9,11,13,19H,1,10,12H2/b20-13-. The van der Waals surface area contributed by atoms with Crippen molar-refractivity contribution in [1.29, 1.82) is 0 Å². The largest absolute Gasteiger partial charge is 0.490 e. The molecule has 2 aromatic carbocycles. The van der Waals surface area contributed by atoms with Crippen LogP contribution in [0.5, 0.6) is 5.75 Å². The summed E-state index contributed by atoms with van der Waals surface area (Å²) < 4.78 is 5.47. The summed E-state index contributed by atoms with van der Waals surface area (Å²) >= 11 is 5.84. The summed E-state index contributed by atoms with van der Waals surface area (Å²) in [5, 5.41) is 4.93. The van der Waals surface area contributed by atoms with Gasteiger partial charge in [-0.3, -0.25) is 0 Å². The minimum atomic E-state index is 0.495. The Balaban J connectivity index is 1.86. The van der Waals surface area contributed by atoms with Crippen molar-refractivity contribution in [2.45, 2.75) is 6.54 Å². The van der Waals surface area contributed by atoms with Gasteiger partial charge in [0, 0.05) is 5.02 Å². The third-order valence-electron chi connectivity index (χ3n) is 2.73. The summed E-state index contributed by atoms with van der Waals surface area (Å²) in [5.41, 5.74) is 5.10. The molecule has 108 valence electrons. The molecule has 2 rings (SSSR count). The van der Waals surface area contributed by atoms with Crippen molar-refractivity contribution in [2.24, 2.45) is 5.10 Å². The first kappa shape index (κ1) is 15.1. The van der Waals surface area contributed by atoms with Gasteiger partial charge in [0.1, 0.15) is 12.4 Å². The van der Waals surface area contributed by atoms with E-state index >= 15 is 0 Å². The van der Waals surface area contributed by atoms with E-state index in [1.165, 1.54) is 0 Å². The lowest BCUT2D eigenvalue weighted by molar-refractivity contribution is 0.363. The fourth-order valence-electron chi connectivity index (χ4n) is 1.70. The maximum atomic E-state index is 5.84. The highest BCUT2D eigenvalue weighted by Crippen LogP contribution is 2.12. The van der Waals surface area contributed by atoms with E-state index in [1.54, 1.807) is 12.3 Å². The van der Waals surface area contributed by atoms with Crippen LogP contribution in [0.15, 0.2) is 66.3 Å². The average Bonchev–Trinajstić information content (AvgIpc) is 2.52. The van der Waals surface area contributed by atoms with Gasteiger partial charge in [-0.25, -0.2) is 0 Å². The van der Waals surface area contributed by atoms with Crippen molar-refractivity contribution in [3.05, 3.63) is 77.3 Å². The average molecular weight is 301 g/mol. The Kier molecular flexibility index (Phi) is 5.85. The van der Waals surface area contributed by atoms with Crippen molar-refractivity contribution in [2.75, 3.05) is 6.61 Å². The first-order valence-electron chi connectivity index (χ1n) is 6.62. The van der Waals surface area contributed by atoms with Gasteiger partial charge in [-0.15, -0.1) is 0 Å². The molecule has 0 bridgehead atoms. The fraction of sp³-hybridized carbons (Fsp3) is 0.118. The minimum absolute atomic E-state index is 0.495. The molecule has 0 amide bonds. The number of nitrogens with zero attached hydrogens (tertiary/aromatic N) is 1. The van der Waals surface area contributed by atoms with Gasteiger partial charge in [-0.05, 0) is 35.4 Å². The molecular formula is C17H17ClN2O. The molecule has 1 N–H and O–H groups in total. The van der Waals surface area contributed by atoms with Gasteiger partial charge in [-0.1, -0.05) is 48.5 Å². The zero-order valence-corrected chi connectivity index (χ0v) is 12.4. The molecule has 0 aliphatic rings. The Morgan fingerprint density at radius 3 is 2.76 bits per heavy atom. The maximum Gasteiger partial charge on any atom is 0.120 e. The lowest BCUT2D eigenvalue weighted by Crippen LogP contribution is -2.05. The van der Waals surface area contributed by atoms with Crippen LogP contribution < -0.4 is 10.2 Å². The third kappa shape index (κ3) is 5.32. The summed E-state index contributed by atoms with van der Waals surface area (Å²) in [4.78, 5) is 0. The van der Waals surface area contributed by atoms with Crippen LogP contribution in [0.25, 0.3) is 0 Å². The zero-order valence-electron chi connectivity index (χ0n) is 11.6. The Labute approximate surface area is 129 Å². The van der Waals surface area contributed by atoms with Crippen LogP contribution in [0.4, 0.5) is 0 Å². The molecule has 0 aromatic heterocycles. The number of nitrogens with one attached hydrogen (secondary N) is 1. The van der Waals surface area contributed by atoms with E-state index in [1.807, 2.05) is 48.5 Å². The van der Waals surface area contributed by atoms with Crippen molar-refractivity contribution < 1.29 is 4.74 Å². The van der Waals surface area contributed by atoms with Crippen LogP contribution in [-0.4, -0.2) is 12.8 Å². The molecule has 21 heavy (non-hydrogen) atoms. The van der Waals surface area contributed by atoms with Crippen LogP contribution in [-0.2, 0) is 6.54 Å². The lowest BCUT2D eigenvalue weighted by Gasteiger charge is -2.04. The van der Waals surface area contributed by atoms with Crippen LogP contribution in [0.1, 0.15) is 11.1 Å². The first-order chi connectivity index (χ1) is 10.3. The van der Waals surface area contributed by atoms with Gasteiger partial charge < -0.3 is 10.2 Å². The molecule has 0 radical (unpaired) electrons. The predicted octanol–water partition coefficient (Wildman–Crippen LogP) is 4.03. The van der Waals surface area contributed by atoms with Gasteiger partial charge in [-0.2, -0.15) is 5.10 Å². The number of benzene rings is 2. The normalized spacial score (nSPS) is 10.5. The number of hydrogen-bond donors (Lipinski definition) is 1. The van der Waals surface area contributed by atoms with Crippen LogP contribution in [0.3, 0.4) is 0 Å². The van der Waals surface area contributed by atoms with E-state index < -0.39 is 0 Å². The second-order valence-corrected chi connectivity index (χ2v) is 4.83. The van der Waals surface area contributed by atoms with E-state index in [0.29, 0.717) is 13.2 Å². The Morgan fingerprint density at radius 2 is 2.00 bits per heavy atom. The quantitative estimate of drug-likeness (QED) is 0.476. The first-order valence-corrected chi connectivity index (χ1v) is 7.00. The summed E-state index contributed by atoms with van der Waals surface area (Å²) in [6.07, 6.45) is 3.48. The van der Waals surface area contributed by atoms with Crippen molar-refractivity contribution in [3.8, 4) is 5.75 Å². The number of hydrogen-bond acceptors (Lipinski definition) is 3. The topological polar surface area (TPSA) is 33.6 Å². The van der Waals surface area contributed by atoms with Gasteiger partial charge >= 0.3 is 0 Å². The number of halogens is 1. The molecule has 0 atom stereocenters. The summed E-state index contributed by atoms with van der Waals surface area (Å²) in [6.45, 7) is 4.77. The monoisotopic (exact) mass is 300 g/mol. The number of ether oxygens (including phenoxy) is 1. The Hall–Kier alpha value is -2.26. The highest BCUT2D eigenvalue weighted by molar-refractivity contribution is 6.30. The molecule has 0 saturated carbocycles. The maximum absolute atomic E-state index is 5.84. The molecule has 0 aliphatic carbocycles. The fourth-order valence-corrected chi connectivity index (χ4v) is 1.83. The predicted molar refractivity (Wildman–Crippen MR) is 88.0 cm³/mol. The molecule has 0 spiro atoms. The third-order valence-corrected chi connectivity index (χ3v) is 2.98. The van der Waals surface area contributed by atoms with Gasteiger partial charge in [0.2, 0.25) is 0 Å². The van der Waals surface area contributed by atoms with Crippen LogP contribution in [0, 0.1) is 0 Å². The van der Waals surface area contributed by atoms with Crippen molar-refractivity contribution in [3.63, 3.8) is 0 Å². The Bertz CT molecular complexity index is 608. The number of rotatable bonds is 7. The van der Waals surface area contributed by atoms with Crippen LogP contribution >= 0.6 is 11.6 Å².